The van der Waals surface area contributed by atoms with E-state index in [0.29, 0.717) is 5.02 Å². The topological polar surface area (TPSA) is 67.4 Å². The molecular formula is C18H14ClF3N2O3. The Balaban J connectivity index is 1.77. The van der Waals surface area contributed by atoms with Crippen LogP contribution in [0.3, 0.4) is 0 Å². The number of benzene rings is 2. The molecule has 2 amide bonds. The van der Waals surface area contributed by atoms with Crippen molar-refractivity contribution < 1.29 is 27.5 Å². The van der Waals surface area contributed by atoms with Gasteiger partial charge in [0.05, 0.1) is 5.56 Å². The lowest BCUT2D eigenvalue weighted by Crippen LogP contribution is -2.43. The molecule has 0 spiro atoms. The summed E-state index contributed by atoms with van der Waals surface area (Å²) in [6.45, 7) is -0.567. The van der Waals surface area contributed by atoms with Crippen LogP contribution in [0.5, 0.6) is 5.75 Å². The molecule has 0 heterocycles. The summed E-state index contributed by atoms with van der Waals surface area (Å²) in [5.74, 6) is -1.45. The molecule has 0 radical (unpaired) electrons. The van der Waals surface area contributed by atoms with Crippen LogP contribution >= 0.6 is 11.6 Å². The Bertz CT molecular complexity index is 836. The van der Waals surface area contributed by atoms with Crippen LogP contribution < -0.4 is 15.6 Å². The molecule has 0 saturated carbocycles. The second-order valence-electron chi connectivity index (χ2n) is 5.24. The van der Waals surface area contributed by atoms with Crippen molar-refractivity contribution in [3.63, 3.8) is 0 Å². The Morgan fingerprint density at radius 2 is 1.78 bits per heavy atom. The highest BCUT2D eigenvalue weighted by Gasteiger charge is 2.30. The van der Waals surface area contributed by atoms with Crippen molar-refractivity contribution in [2.45, 2.75) is 6.18 Å². The van der Waals surface area contributed by atoms with E-state index in [1.165, 1.54) is 24.3 Å². The van der Waals surface area contributed by atoms with Gasteiger partial charge in [-0.15, -0.1) is 0 Å². The lowest BCUT2D eigenvalue weighted by Gasteiger charge is -2.10. The highest BCUT2D eigenvalue weighted by Crippen LogP contribution is 2.31. The van der Waals surface area contributed by atoms with Crippen LogP contribution in [0, 0.1) is 0 Å². The Kier molecular flexibility index (Phi) is 6.84. The molecule has 5 nitrogen and oxygen atoms in total. The minimum absolute atomic E-state index is 0.117. The summed E-state index contributed by atoms with van der Waals surface area (Å²) in [6.07, 6.45) is -1.81. The van der Waals surface area contributed by atoms with E-state index in [9.17, 15) is 22.8 Å². The molecule has 0 aliphatic heterocycles. The molecule has 9 heteroatoms. The zero-order chi connectivity index (χ0) is 19.9. The SMILES string of the molecule is O=C(/C=C/c1ccc(Cl)cc1)NNC(=O)COc1cccc(C(F)(F)F)c1. The second-order valence-corrected chi connectivity index (χ2v) is 5.67. The van der Waals surface area contributed by atoms with Crippen molar-refractivity contribution in [1.29, 1.82) is 0 Å². The molecule has 0 aliphatic rings. The van der Waals surface area contributed by atoms with Gasteiger partial charge in [-0.3, -0.25) is 20.4 Å². The van der Waals surface area contributed by atoms with Gasteiger partial charge < -0.3 is 4.74 Å². The van der Waals surface area contributed by atoms with Crippen LogP contribution in [0.4, 0.5) is 13.2 Å². The summed E-state index contributed by atoms with van der Waals surface area (Å²) in [6, 6.07) is 10.8. The van der Waals surface area contributed by atoms with Gasteiger partial charge in [-0.05, 0) is 42.0 Å². The third-order valence-electron chi connectivity index (χ3n) is 3.15. The third-order valence-corrected chi connectivity index (χ3v) is 3.41. The van der Waals surface area contributed by atoms with Gasteiger partial charge in [0.1, 0.15) is 5.75 Å². The molecule has 0 aromatic heterocycles. The number of hydrogen-bond donors (Lipinski definition) is 2. The van der Waals surface area contributed by atoms with Crippen molar-refractivity contribution in [2.24, 2.45) is 0 Å². The highest BCUT2D eigenvalue weighted by molar-refractivity contribution is 6.30. The molecule has 2 N–H and O–H groups in total. The summed E-state index contributed by atoms with van der Waals surface area (Å²) < 4.78 is 42.8. The molecule has 2 aromatic rings. The molecule has 0 unspecified atom stereocenters. The van der Waals surface area contributed by atoms with Gasteiger partial charge >= 0.3 is 6.18 Å². The largest absolute Gasteiger partial charge is 0.484 e. The van der Waals surface area contributed by atoms with Gasteiger partial charge in [0.15, 0.2) is 6.61 Å². The Morgan fingerprint density at radius 3 is 2.44 bits per heavy atom. The molecule has 27 heavy (non-hydrogen) atoms. The van der Waals surface area contributed by atoms with Gasteiger partial charge in [0, 0.05) is 11.1 Å². The third kappa shape index (κ3) is 7.02. The number of ether oxygens (including phenoxy) is 1. The number of halogens is 4. The number of hydrazine groups is 1. The average molecular weight is 399 g/mol. The van der Waals surface area contributed by atoms with Gasteiger partial charge in [-0.1, -0.05) is 29.8 Å². The van der Waals surface area contributed by atoms with Crippen LogP contribution in [-0.2, 0) is 15.8 Å². The van der Waals surface area contributed by atoms with Gasteiger partial charge in [0.2, 0.25) is 0 Å². The predicted octanol–water partition coefficient (Wildman–Crippen LogP) is 3.60. The van der Waals surface area contributed by atoms with E-state index in [0.717, 1.165) is 17.7 Å². The minimum Gasteiger partial charge on any atom is -0.484 e. The maximum atomic E-state index is 12.6. The van der Waals surface area contributed by atoms with E-state index in [4.69, 9.17) is 16.3 Å². The number of rotatable bonds is 5. The van der Waals surface area contributed by atoms with Crippen molar-refractivity contribution in [3.8, 4) is 5.75 Å². The molecule has 142 valence electrons. The summed E-state index contributed by atoms with van der Waals surface area (Å²) in [4.78, 5) is 23.2. The molecule has 0 saturated heterocycles. The van der Waals surface area contributed by atoms with E-state index in [1.807, 2.05) is 0 Å². The summed E-state index contributed by atoms with van der Waals surface area (Å²) in [7, 11) is 0. The zero-order valence-electron chi connectivity index (χ0n) is 13.7. The number of nitrogens with one attached hydrogen (secondary N) is 2. The number of hydrogen-bond acceptors (Lipinski definition) is 3. The molecule has 0 aliphatic carbocycles. The van der Waals surface area contributed by atoms with Gasteiger partial charge in [0.25, 0.3) is 11.8 Å². The van der Waals surface area contributed by atoms with E-state index < -0.39 is 30.2 Å². The number of carbonyl (C=O) groups is 2. The lowest BCUT2D eigenvalue weighted by molar-refractivity contribution is -0.137. The Hall–Kier alpha value is -3.00. The normalized spacial score (nSPS) is 11.3. The molecule has 0 atom stereocenters. The van der Waals surface area contributed by atoms with Gasteiger partial charge in [-0.2, -0.15) is 13.2 Å². The van der Waals surface area contributed by atoms with Crippen LogP contribution in [0.25, 0.3) is 6.08 Å². The maximum absolute atomic E-state index is 12.6. The first-order chi connectivity index (χ1) is 12.7. The standard InChI is InChI=1S/C18H14ClF3N2O3/c19-14-7-4-12(5-8-14)6-9-16(25)23-24-17(26)11-27-15-3-1-2-13(10-15)18(20,21)22/h1-10H,11H2,(H,23,25)(H,24,26)/b9-6+. The smallest absolute Gasteiger partial charge is 0.416 e. The van der Waals surface area contributed by atoms with E-state index >= 15 is 0 Å². The molecule has 2 rings (SSSR count). The summed E-state index contributed by atoms with van der Waals surface area (Å²) in [5.41, 5.74) is 4.05. The fraction of sp³-hybridized carbons (Fsp3) is 0.111. The molecular weight excluding hydrogens is 385 g/mol. The number of alkyl halides is 3. The van der Waals surface area contributed by atoms with Gasteiger partial charge in [-0.25, -0.2) is 0 Å². The second kappa shape index (κ2) is 9.09. The first-order valence-electron chi connectivity index (χ1n) is 7.56. The van der Waals surface area contributed by atoms with Crippen molar-refractivity contribution in [3.05, 3.63) is 70.8 Å². The molecule has 0 bridgehead atoms. The van der Waals surface area contributed by atoms with E-state index in [2.05, 4.69) is 10.9 Å². The number of amides is 2. The predicted molar refractivity (Wildman–Crippen MR) is 93.7 cm³/mol. The summed E-state index contributed by atoms with van der Waals surface area (Å²) >= 11 is 5.75. The summed E-state index contributed by atoms with van der Waals surface area (Å²) in [5, 5.41) is 0.560. The van der Waals surface area contributed by atoms with E-state index in [-0.39, 0.29) is 5.75 Å². The van der Waals surface area contributed by atoms with Crippen LogP contribution in [0.1, 0.15) is 11.1 Å². The van der Waals surface area contributed by atoms with Crippen LogP contribution in [0.2, 0.25) is 5.02 Å². The van der Waals surface area contributed by atoms with Crippen LogP contribution in [-0.4, -0.2) is 18.4 Å². The first-order valence-corrected chi connectivity index (χ1v) is 7.94. The average Bonchev–Trinajstić information content (AvgIpc) is 2.64. The van der Waals surface area contributed by atoms with Crippen molar-refractivity contribution >= 4 is 29.5 Å². The lowest BCUT2D eigenvalue weighted by atomic mass is 10.2. The number of carbonyl (C=O) groups excluding carboxylic acids is 2. The zero-order valence-corrected chi connectivity index (χ0v) is 14.5. The maximum Gasteiger partial charge on any atom is 0.416 e. The Labute approximate surface area is 157 Å². The van der Waals surface area contributed by atoms with Crippen LogP contribution in [0.15, 0.2) is 54.6 Å². The fourth-order valence-electron chi connectivity index (χ4n) is 1.87. The Morgan fingerprint density at radius 1 is 1.07 bits per heavy atom. The quantitative estimate of drug-likeness (QED) is 0.597. The molecule has 2 aromatic carbocycles. The minimum atomic E-state index is -4.51. The monoisotopic (exact) mass is 398 g/mol. The van der Waals surface area contributed by atoms with E-state index in [1.54, 1.807) is 24.3 Å². The first kappa shape index (κ1) is 20.3. The fourth-order valence-corrected chi connectivity index (χ4v) is 1.99. The molecule has 0 fully saturated rings. The van der Waals surface area contributed by atoms with Crippen molar-refractivity contribution in [1.82, 2.24) is 10.9 Å². The van der Waals surface area contributed by atoms with Crippen molar-refractivity contribution in [2.75, 3.05) is 6.61 Å². The highest BCUT2D eigenvalue weighted by atomic mass is 35.5.